The van der Waals surface area contributed by atoms with Crippen LogP contribution >= 0.6 is 0 Å². The summed E-state index contributed by atoms with van der Waals surface area (Å²) >= 11 is 0. The van der Waals surface area contributed by atoms with Gasteiger partial charge in [-0.05, 0) is 55.7 Å². The van der Waals surface area contributed by atoms with Gasteiger partial charge >= 0.3 is 0 Å². The van der Waals surface area contributed by atoms with Crippen LogP contribution in [0.25, 0.3) is 0 Å². The Bertz CT molecular complexity index is 681. The van der Waals surface area contributed by atoms with Gasteiger partial charge in [-0.2, -0.15) is 0 Å². The zero-order valence-electron chi connectivity index (χ0n) is 13.3. The molecule has 0 saturated heterocycles. The molecule has 4 nitrogen and oxygen atoms in total. The number of benzene rings is 2. The highest BCUT2D eigenvalue weighted by Gasteiger charge is 2.07. The van der Waals surface area contributed by atoms with Gasteiger partial charge in [-0.3, -0.25) is 4.79 Å². The highest BCUT2D eigenvalue weighted by molar-refractivity contribution is 5.92. The summed E-state index contributed by atoms with van der Waals surface area (Å²) < 4.78 is 5.69. The highest BCUT2D eigenvalue weighted by atomic mass is 16.5. The van der Waals surface area contributed by atoms with E-state index in [9.17, 15) is 4.79 Å². The van der Waals surface area contributed by atoms with Gasteiger partial charge in [0.2, 0.25) is 5.91 Å². The van der Waals surface area contributed by atoms with Gasteiger partial charge in [-0.25, -0.2) is 0 Å². The van der Waals surface area contributed by atoms with Crippen molar-refractivity contribution in [2.75, 3.05) is 17.7 Å². The minimum absolute atomic E-state index is 0.0843. The van der Waals surface area contributed by atoms with Crippen LogP contribution in [-0.2, 0) is 4.79 Å². The minimum Gasteiger partial charge on any atom is -0.493 e. The molecular weight excluding hydrogens is 276 g/mol. The minimum atomic E-state index is -0.0843. The predicted molar refractivity (Wildman–Crippen MR) is 90.2 cm³/mol. The molecule has 0 unspecified atom stereocenters. The Kier molecular flexibility index (Phi) is 5.04. The summed E-state index contributed by atoms with van der Waals surface area (Å²) in [5.41, 5.74) is 10.3. The third-order valence-corrected chi connectivity index (χ3v) is 3.47. The molecule has 2 aromatic carbocycles. The first-order valence-electron chi connectivity index (χ1n) is 7.32. The summed E-state index contributed by atoms with van der Waals surface area (Å²) in [5.74, 6) is 0.743. The number of hydrogen-bond donors (Lipinski definition) is 2. The lowest BCUT2D eigenvalue weighted by molar-refractivity contribution is -0.116. The number of aryl methyl sites for hydroxylation is 3. The lowest BCUT2D eigenvalue weighted by Crippen LogP contribution is -2.16. The molecule has 116 valence electrons. The Morgan fingerprint density at radius 2 is 1.82 bits per heavy atom. The van der Waals surface area contributed by atoms with Crippen LogP contribution in [0.4, 0.5) is 11.4 Å². The van der Waals surface area contributed by atoms with Crippen LogP contribution in [0.5, 0.6) is 5.75 Å². The Morgan fingerprint density at radius 1 is 1.09 bits per heavy atom. The smallest absolute Gasteiger partial charge is 0.227 e. The van der Waals surface area contributed by atoms with Gasteiger partial charge in [0.25, 0.3) is 0 Å². The van der Waals surface area contributed by atoms with Crippen molar-refractivity contribution in [3.05, 3.63) is 53.1 Å². The zero-order valence-corrected chi connectivity index (χ0v) is 13.3. The summed E-state index contributed by atoms with van der Waals surface area (Å²) in [6.45, 7) is 6.28. The monoisotopic (exact) mass is 298 g/mol. The molecule has 0 aliphatic carbocycles. The lowest BCUT2D eigenvalue weighted by atomic mass is 10.1. The molecule has 0 aliphatic rings. The Morgan fingerprint density at radius 3 is 2.59 bits per heavy atom. The van der Waals surface area contributed by atoms with Crippen molar-refractivity contribution in [3.8, 4) is 5.75 Å². The van der Waals surface area contributed by atoms with E-state index in [1.807, 2.05) is 51.1 Å². The summed E-state index contributed by atoms with van der Waals surface area (Å²) in [4.78, 5) is 12.0. The van der Waals surface area contributed by atoms with Gasteiger partial charge in [-0.15, -0.1) is 0 Å². The van der Waals surface area contributed by atoms with Gasteiger partial charge in [-0.1, -0.05) is 18.2 Å². The third kappa shape index (κ3) is 4.25. The van der Waals surface area contributed by atoms with E-state index in [4.69, 9.17) is 10.5 Å². The fourth-order valence-corrected chi connectivity index (χ4v) is 2.10. The quantitative estimate of drug-likeness (QED) is 0.829. The van der Waals surface area contributed by atoms with Gasteiger partial charge in [0.15, 0.2) is 0 Å². The Balaban J connectivity index is 1.88. The van der Waals surface area contributed by atoms with Gasteiger partial charge in [0, 0.05) is 11.4 Å². The van der Waals surface area contributed by atoms with Crippen LogP contribution in [-0.4, -0.2) is 12.5 Å². The van der Waals surface area contributed by atoms with Crippen LogP contribution in [0.3, 0.4) is 0 Å². The molecule has 1 amide bonds. The van der Waals surface area contributed by atoms with E-state index in [2.05, 4.69) is 5.32 Å². The first kappa shape index (κ1) is 15.9. The average molecular weight is 298 g/mol. The van der Waals surface area contributed by atoms with Crippen molar-refractivity contribution in [2.45, 2.75) is 27.2 Å². The van der Waals surface area contributed by atoms with E-state index < -0.39 is 0 Å². The van der Waals surface area contributed by atoms with Crippen molar-refractivity contribution in [2.24, 2.45) is 0 Å². The van der Waals surface area contributed by atoms with Crippen LogP contribution in [0.1, 0.15) is 23.1 Å². The Labute approximate surface area is 131 Å². The maximum Gasteiger partial charge on any atom is 0.227 e. The third-order valence-electron chi connectivity index (χ3n) is 3.47. The molecule has 0 fully saturated rings. The molecule has 0 spiro atoms. The van der Waals surface area contributed by atoms with E-state index in [0.717, 1.165) is 28.1 Å². The van der Waals surface area contributed by atoms with E-state index in [1.54, 1.807) is 6.07 Å². The second-order valence-corrected chi connectivity index (χ2v) is 5.49. The molecule has 2 aromatic rings. The number of carbonyl (C=O) groups excluding carboxylic acids is 1. The standard InChI is InChI=1S/C18H22N2O2/c1-12-4-5-14(3)17(10-12)22-9-8-18(21)20-16-11-15(19)7-6-13(16)2/h4-7,10-11H,8-9,19H2,1-3H3,(H,20,21). The maximum atomic E-state index is 12.0. The van der Waals surface area contributed by atoms with Crippen molar-refractivity contribution in [3.63, 3.8) is 0 Å². The van der Waals surface area contributed by atoms with Crippen molar-refractivity contribution >= 4 is 17.3 Å². The molecule has 4 heteroatoms. The second-order valence-electron chi connectivity index (χ2n) is 5.49. The SMILES string of the molecule is Cc1ccc(C)c(OCCC(=O)Nc2cc(N)ccc2C)c1. The molecule has 0 bridgehead atoms. The van der Waals surface area contributed by atoms with E-state index in [1.165, 1.54) is 0 Å². The van der Waals surface area contributed by atoms with Gasteiger partial charge < -0.3 is 15.8 Å². The molecule has 0 aromatic heterocycles. The van der Waals surface area contributed by atoms with Crippen LogP contribution in [0.15, 0.2) is 36.4 Å². The van der Waals surface area contributed by atoms with Crippen LogP contribution in [0, 0.1) is 20.8 Å². The number of rotatable bonds is 5. The number of anilines is 2. The largest absolute Gasteiger partial charge is 0.493 e. The summed E-state index contributed by atoms with van der Waals surface area (Å²) in [6, 6.07) is 11.5. The summed E-state index contributed by atoms with van der Waals surface area (Å²) in [7, 11) is 0. The number of carbonyl (C=O) groups is 1. The van der Waals surface area contributed by atoms with Gasteiger partial charge in [0.1, 0.15) is 5.75 Å². The molecular formula is C18H22N2O2. The van der Waals surface area contributed by atoms with Crippen LogP contribution in [0.2, 0.25) is 0 Å². The Hall–Kier alpha value is -2.49. The van der Waals surface area contributed by atoms with Crippen molar-refractivity contribution < 1.29 is 9.53 Å². The number of ether oxygens (including phenoxy) is 1. The van der Waals surface area contributed by atoms with Gasteiger partial charge in [0.05, 0.1) is 13.0 Å². The number of nitrogens with two attached hydrogens (primary N) is 1. The number of nitrogen functional groups attached to an aromatic ring is 1. The average Bonchev–Trinajstić information content (AvgIpc) is 2.46. The number of nitrogens with one attached hydrogen (secondary N) is 1. The topological polar surface area (TPSA) is 64.3 Å². The predicted octanol–water partition coefficient (Wildman–Crippen LogP) is 3.60. The van der Waals surface area contributed by atoms with Crippen molar-refractivity contribution in [1.82, 2.24) is 0 Å². The highest BCUT2D eigenvalue weighted by Crippen LogP contribution is 2.20. The zero-order chi connectivity index (χ0) is 16.1. The molecule has 0 heterocycles. The number of hydrogen-bond acceptors (Lipinski definition) is 3. The van der Waals surface area contributed by atoms with Crippen LogP contribution < -0.4 is 15.8 Å². The van der Waals surface area contributed by atoms with E-state index in [-0.39, 0.29) is 5.91 Å². The number of amides is 1. The second kappa shape index (κ2) is 6.98. The maximum absolute atomic E-state index is 12.0. The molecule has 0 radical (unpaired) electrons. The molecule has 0 atom stereocenters. The molecule has 0 aliphatic heterocycles. The molecule has 0 saturated carbocycles. The van der Waals surface area contributed by atoms with Crippen molar-refractivity contribution in [1.29, 1.82) is 0 Å². The first-order chi connectivity index (χ1) is 10.5. The fraction of sp³-hybridized carbons (Fsp3) is 0.278. The lowest BCUT2D eigenvalue weighted by Gasteiger charge is -2.11. The summed E-state index contributed by atoms with van der Waals surface area (Å²) in [6.07, 6.45) is 0.293. The fourth-order valence-electron chi connectivity index (χ4n) is 2.10. The molecule has 22 heavy (non-hydrogen) atoms. The van der Waals surface area contributed by atoms with E-state index >= 15 is 0 Å². The normalized spacial score (nSPS) is 10.3. The molecule has 3 N–H and O–H groups in total. The first-order valence-corrected chi connectivity index (χ1v) is 7.32. The summed E-state index contributed by atoms with van der Waals surface area (Å²) in [5, 5.41) is 2.86. The van der Waals surface area contributed by atoms with E-state index in [0.29, 0.717) is 18.7 Å². The molecule has 2 rings (SSSR count).